The highest BCUT2D eigenvalue weighted by Gasteiger charge is 2.16. The Bertz CT molecular complexity index is 508. The average molecular weight is 300 g/mol. The zero-order valence-corrected chi connectivity index (χ0v) is 12.7. The van der Waals surface area contributed by atoms with E-state index < -0.39 is 16.9 Å². The van der Waals surface area contributed by atoms with E-state index in [0.717, 1.165) is 5.56 Å². The Balaban J connectivity index is 2.73. The number of carbonyl (C=O) groups is 2. The van der Waals surface area contributed by atoms with Crippen molar-refractivity contribution in [2.24, 2.45) is 0 Å². The van der Waals surface area contributed by atoms with Crippen molar-refractivity contribution >= 4 is 22.9 Å². The van der Waals surface area contributed by atoms with Crippen LogP contribution in [0.2, 0.25) is 0 Å². The van der Waals surface area contributed by atoms with Crippen LogP contribution in [-0.2, 0) is 11.3 Å². The maximum absolute atomic E-state index is 11.6. The Hall–Kier alpha value is -1.75. The summed E-state index contributed by atoms with van der Waals surface area (Å²) in [5.41, 5.74) is 0.507. The molecule has 0 heterocycles. The van der Waals surface area contributed by atoms with Crippen LogP contribution in [0.3, 0.4) is 0 Å². The molecule has 0 saturated heterocycles. The molecule has 0 atom stereocenters. The number of carbonyl (C=O) groups excluding carboxylic acids is 2. The summed E-state index contributed by atoms with van der Waals surface area (Å²) in [6, 6.07) is 4.78. The van der Waals surface area contributed by atoms with Crippen molar-refractivity contribution in [1.82, 2.24) is 5.32 Å². The molecule has 0 radical (unpaired) electrons. The number of rotatable bonds is 4. The lowest BCUT2D eigenvalue weighted by atomic mass is 10.1. The summed E-state index contributed by atoms with van der Waals surface area (Å²) >= 11 is 5.40. The number of ether oxygens (including phenoxy) is 2. The molecular weight excluding hydrogens is 282 g/mol. The van der Waals surface area contributed by atoms with E-state index in [0.29, 0.717) is 11.3 Å². The first-order valence-electron chi connectivity index (χ1n) is 6.06. The second-order valence-electron chi connectivity index (χ2n) is 5.16. The standard InChI is InChI=1S/C14H18ClNO4/c1-14(2,3)20-13(18)16-8-10-6-5-9(12(15)17)7-11(10)19-4/h5-7H,8H2,1-4H3,(H,16,18). The van der Waals surface area contributed by atoms with E-state index in [9.17, 15) is 9.59 Å². The fourth-order valence-corrected chi connectivity index (χ4v) is 1.61. The minimum atomic E-state index is -0.560. The Kier molecular flexibility index (Phi) is 5.39. The van der Waals surface area contributed by atoms with Gasteiger partial charge in [0.15, 0.2) is 0 Å². The van der Waals surface area contributed by atoms with Crippen LogP contribution in [0.15, 0.2) is 18.2 Å². The summed E-state index contributed by atoms with van der Waals surface area (Å²) in [5.74, 6) is 0.479. The summed E-state index contributed by atoms with van der Waals surface area (Å²) in [6.07, 6.45) is -0.517. The zero-order valence-electron chi connectivity index (χ0n) is 12.0. The van der Waals surface area contributed by atoms with Crippen LogP contribution in [0.25, 0.3) is 0 Å². The minimum absolute atomic E-state index is 0.231. The zero-order chi connectivity index (χ0) is 15.3. The molecule has 0 spiro atoms. The van der Waals surface area contributed by atoms with Crippen LogP contribution >= 0.6 is 11.6 Å². The molecule has 0 aliphatic rings. The van der Waals surface area contributed by atoms with E-state index in [1.165, 1.54) is 13.2 Å². The maximum Gasteiger partial charge on any atom is 0.407 e. The van der Waals surface area contributed by atoms with E-state index in [4.69, 9.17) is 21.1 Å². The quantitative estimate of drug-likeness (QED) is 0.868. The molecule has 0 fully saturated rings. The molecule has 20 heavy (non-hydrogen) atoms. The van der Waals surface area contributed by atoms with Crippen molar-refractivity contribution < 1.29 is 19.1 Å². The van der Waals surface area contributed by atoms with Gasteiger partial charge >= 0.3 is 6.09 Å². The lowest BCUT2D eigenvalue weighted by molar-refractivity contribution is 0.0523. The van der Waals surface area contributed by atoms with Gasteiger partial charge in [0, 0.05) is 17.7 Å². The van der Waals surface area contributed by atoms with Gasteiger partial charge in [0.05, 0.1) is 7.11 Å². The van der Waals surface area contributed by atoms with Gasteiger partial charge in [-0.1, -0.05) is 6.07 Å². The molecule has 0 bridgehead atoms. The van der Waals surface area contributed by atoms with Gasteiger partial charge in [-0.15, -0.1) is 0 Å². The highest BCUT2D eigenvalue weighted by molar-refractivity contribution is 6.67. The lowest BCUT2D eigenvalue weighted by Gasteiger charge is -2.20. The van der Waals surface area contributed by atoms with Gasteiger partial charge in [-0.3, -0.25) is 4.79 Å². The van der Waals surface area contributed by atoms with Crippen LogP contribution in [0, 0.1) is 0 Å². The van der Waals surface area contributed by atoms with E-state index in [1.807, 2.05) is 0 Å². The van der Waals surface area contributed by atoms with Crippen molar-refractivity contribution in [3.05, 3.63) is 29.3 Å². The largest absolute Gasteiger partial charge is 0.496 e. The molecule has 1 aromatic rings. The number of halogens is 1. The second kappa shape index (κ2) is 6.61. The smallest absolute Gasteiger partial charge is 0.407 e. The van der Waals surface area contributed by atoms with Crippen molar-refractivity contribution in [3.8, 4) is 5.75 Å². The third kappa shape index (κ3) is 5.09. The molecule has 110 valence electrons. The fourth-order valence-electron chi connectivity index (χ4n) is 1.49. The molecule has 1 rings (SSSR count). The van der Waals surface area contributed by atoms with E-state index in [1.54, 1.807) is 32.9 Å². The Morgan fingerprint density at radius 1 is 1.30 bits per heavy atom. The first-order valence-corrected chi connectivity index (χ1v) is 6.44. The Labute approximate surface area is 123 Å². The summed E-state index contributed by atoms with van der Waals surface area (Å²) in [7, 11) is 1.48. The predicted octanol–water partition coefficient (Wildman–Crippen LogP) is 3.10. The third-order valence-corrected chi connectivity index (χ3v) is 2.55. The van der Waals surface area contributed by atoms with Crippen LogP contribution in [0.5, 0.6) is 5.75 Å². The van der Waals surface area contributed by atoms with Gasteiger partial charge in [-0.05, 0) is 44.5 Å². The summed E-state index contributed by atoms with van der Waals surface area (Å²) < 4.78 is 10.3. The predicted molar refractivity (Wildman–Crippen MR) is 76.3 cm³/mol. The normalized spacial score (nSPS) is 10.8. The number of hydrogen-bond acceptors (Lipinski definition) is 4. The van der Waals surface area contributed by atoms with Crippen molar-refractivity contribution in [2.45, 2.75) is 32.9 Å². The van der Waals surface area contributed by atoms with Crippen molar-refractivity contribution in [1.29, 1.82) is 0 Å². The highest BCUT2D eigenvalue weighted by Crippen LogP contribution is 2.21. The average Bonchev–Trinajstić information content (AvgIpc) is 2.33. The fraction of sp³-hybridized carbons (Fsp3) is 0.429. The molecule has 1 amide bonds. The number of amides is 1. The molecular formula is C14H18ClNO4. The van der Waals surface area contributed by atoms with Crippen molar-refractivity contribution in [3.63, 3.8) is 0 Å². The van der Waals surface area contributed by atoms with Crippen LogP contribution < -0.4 is 10.1 Å². The Morgan fingerprint density at radius 2 is 1.95 bits per heavy atom. The first-order chi connectivity index (χ1) is 9.23. The van der Waals surface area contributed by atoms with E-state index in [2.05, 4.69) is 5.32 Å². The van der Waals surface area contributed by atoms with Gasteiger partial charge in [0.25, 0.3) is 5.24 Å². The number of alkyl carbamates (subject to hydrolysis) is 1. The van der Waals surface area contributed by atoms with Gasteiger partial charge in [0.2, 0.25) is 0 Å². The molecule has 0 aliphatic carbocycles. The molecule has 5 nitrogen and oxygen atoms in total. The SMILES string of the molecule is COc1cc(C(=O)Cl)ccc1CNC(=O)OC(C)(C)C. The van der Waals surface area contributed by atoms with Crippen LogP contribution in [-0.4, -0.2) is 24.0 Å². The topological polar surface area (TPSA) is 64.6 Å². The number of methoxy groups -OCH3 is 1. The molecule has 0 aliphatic heterocycles. The number of benzene rings is 1. The summed E-state index contributed by atoms with van der Waals surface area (Å²) in [4.78, 5) is 22.6. The van der Waals surface area contributed by atoms with Gasteiger partial charge in [0.1, 0.15) is 11.4 Å². The van der Waals surface area contributed by atoms with E-state index in [-0.39, 0.29) is 6.54 Å². The van der Waals surface area contributed by atoms with Gasteiger partial charge in [-0.2, -0.15) is 0 Å². The number of hydrogen-bond donors (Lipinski definition) is 1. The first kappa shape index (κ1) is 16.3. The molecule has 0 aromatic heterocycles. The monoisotopic (exact) mass is 299 g/mol. The third-order valence-electron chi connectivity index (χ3n) is 2.34. The summed E-state index contributed by atoms with van der Waals surface area (Å²) in [6.45, 7) is 5.59. The number of nitrogens with one attached hydrogen (secondary N) is 1. The maximum atomic E-state index is 11.6. The van der Waals surface area contributed by atoms with Crippen molar-refractivity contribution in [2.75, 3.05) is 7.11 Å². The molecule has 1 aromatic carbocycles. The Morgan fingerprint density at radius 3 is 2.45 bits per heavy atom. The molecule has 0 unspecified atom stereocenters. The molecule has 1 N–H and O–H groups in total. The molecule has 6 heteroatoms. The summed E-state index contributed by atoms with van der Waals surface area (Å²) in [5, 5.41) is 2.06. The molecule has 0 saturated carbocycles. The van der Waals surface area contributed by atoms with Gasteiger partial charge < -0.3 is 14.8 Å². The van der Waals surface area contributed by atoms with Crippen LogP contribution in [0.1, 0.15) is 36.7 Å². The lowest BCUT2D eigenvalue weighted by Crippen LogP contribution is -2.32. The van der Waals surface area contributed by atoms with Crippen LogP contribution in [0.4, 0.5) is 4.79 Å². The van der Waals surface area contributed by atoms with Gasteiger partial charge in [-0.25, -0.2) is 4.79 Å². The van der Waals surface area contributed by atoms with E-state index >= 15 is 0 Å². The minimum Gasteiger partial charge on any atom is -0.496 e. The second-order valence-corrected chi connectivity index (χ2v) is 5.50. The highest BCUT2D eigenvalue weighted by atomic mass is 35.5.